The first-order valence-electron chi connectivity index (χ1n) is 19.1. The molecule has 1 aliphatic carbocycles. The first kappa shape index (κ1) is 32.0. The molecular weight excluding hydrogens is 681 g/mol. The topological polar surface area (TPSA) is 43.6 Å². The van der Waals surface area contributed by atoms with Crippen molar-refractivity contribution in [1.29, 1.82) is 0 Å². The van der Waals surface area contributed by atoms with Gasteiger partial charge in [0.2, 0.25) is 0 Å². The zero-order valence-corrected chi connectivity index (χ0v) is 30.5. The molecule has 0 unspecified atom stereocenters. The fraction of sp³-hybridized carbons (Fsp3) is 0.0192. The van der Waals surface area contributed by atoms with Crippen molar-refractivity contribution in [2.75, 3.05) is 0 Å². The molecule has 0 spiro atoms. The van der Waals surface area contributed by atoms with Gasteiger partial charge in [-0.2, -0.15) is 0 Å². The van der Waals surface area contributed by atoms with E-state index in [1.807, 2.05) is 6.07 Å². The van der Waals surface area contributed by atoms with Crippen LogP contribution < -0.4 is 0 Å². The van der Waals surface area contributed by atoms with Crippen LogP contribution in [0.1, 0.15) is 11.1 Å². The average Bonchev–Trinajstić information content (AvgIpc) is 3.83. The number of rotatable bonds is 6. The minimum atomic E-state index is 0.646. The van der Waals surface area contributed by atoms with Crippen molar-refractivity contribution in [3.63, 3.8) is 0 Å². The summed E-state index contributed by atoms with van der Waals surface area (Å²) in [6.45, 7) is 0. The van der Waals surface area contributed by atoms with Crippen LogP contribution in [0.2, 0.25) is 0 Å². The highest BCUT2D eigenvalue weighted by molar-refractivity contribution is 6.09. The predicted molar refractivity (Wildman–Crippen MR) is 230 cm³/mol. The molecule has 0 saturated carbocycles. The minimum Gasteiger partial charge on any atom is -0.309 e. The van der Waals surface area contributed by atoms with Gasteiger partial charge in [-0.3, -0.25) is 0 Å². The number of nitrogens with zero attached hydrogens (tertiary/aromatic N) is 4. The van der Waals surface area contributed by atoms with Gasteiger partial charge in [-0.25, -0.2) is 15.0 Å². The highest BCUT2D eigenvalue weighted by atomic mass is 15.0. The Kier molecular flexibility index (Phi) is 7.52. The Hall–Kier alpha value is -7.43. The normalized spacial score (nSPS) is 11.9. The first-order chi connectivity index (χ1) is 27.8. The Labute approximate surface area is 325 Å². The lowest BCUT2D eigenvalue weighted by molar-refractivity contribution is 1.07. The molecule has 262 valence electrons. The monoisotopic (exact) mass is 714 g/mol. The quantitative estimate of drug-likeness (QED) is 0.172. The molecule has 0 atom stereocenters. The molecule has 0 N–H and O–H groups in total. The van der Waals surface area contributed by atoms with Crippen LogP contribution in [-0.2, 0) is 6.42 Å². The molecule has 4 nitrogen and oxygen atoms in total. The highest BCUT2D eigenvalue weighted by Crippen LogP contribution is 2.42. The summed E-state index contributed by atoms with van der Waals surface area (Å²) >= 11 is 0. The van der Waals surface area contributed by atoms with Crippen LogP contribution in [0.5, 0.6) is 0 Å². The second-order valence-electron chi connectivity index (χ2n) is 14.4. The number of hydrogen-bond acceptors (Lipinski definition) is 3. The molecule has 8 aromatic carbocycles. The summed E-state index contributed by atoms with van der Waals surface area (Å²) in [5.74, 6) is 1.98. The van der Waals surface area contributed by atoms with Crippen molar-refractivity contribution < 1.29 is 0 Å². The van der Waals surface area contributed by atoms with Crippen molar-refractivity contribution in [1.82, 2.24) is 19.5 Å². The Morgan fingerprint density at radius 3 is 1.50 bits per heavy atom. The van der Waals surface area contributed by atoms with E-state index >= 15 is 0 Å². The maximum Gasteiger partial charge on any atom is 0.164 e. The van der Waals surface area contributed by atoms with Gasteiger partial charge in [0, 0.05) is 33.0 Å². The van der Waals surface area contributed by atoms with Crippen molar-refractivity contribution in [2.45, 2.75) is 6.42 Å². The van der Waals surface area contributed by atoms with Gasteiger partial charge in [-0.1, -0.05) is 176 Å². The maximum atomic E-state index is 5.21. The lowest BCUT2D eigenvalue weighted by Gasteiger charge is -2.15. The number of fused-ring (bicyclic) bond motifs is 6. The largest absolute Gasteiger partial charge is 0.309 e. The van der Waals surface area contributed by atoms with Gasteiger partial charge in [0.1, 0.15) is 0 Å². The zero-order chi connectivity index (χ0) is 37.0. The van der Waals surface area contributed by atoms with Gasteiger partial charge in [0.15, 0.2) is 17.5 Å². The van der Waals surface area contributed by atoms with Gasteiger partial charge in [-0.15, -0.1) is 0 Å². The standard InChI is InChI=1S/C52H34N4/c1-2-13-34(14-3-1)35-25-29-37(30-26-35)50-53-51(55-52(54-50)45-21-12-20-42-40-16-5-4-15-39(40)33-46(42)45)38-31-27-36(28-32-38)41-17-6-9-22-47(41)56-48-23-10-7-18-43(48)44-19-8-11-24-49(44)56/h1-32H,33H2. The Bertz CT molecular complexity index is 3030. The number of aromatic nitrogens is 4. The molecular formula is C52H34N4. The fourth-order valence-electron chi connectivity index (χ4n) is 8.46. The lowest BCUT2D eigenvalue weighted by Crippen LogP contribution is -2.02. The molecule has 0 saturated heterocycles. The molecule has 11 rings (SSSR count). The summed E-state index contributed by atoms with van der Waals surface area (Å²) < 4.78 is 2.39. The summed E-state index contributed by atoms with van der Waals surface area (Å²) in [7, 11) is 0. The van der Waals surface area contributed by atoms with E-state index in [1.165, 1.54) is 49.6 Å². The molecule has 10 aromatic rings. The predicted octanol–water partition coefficient (Wildman–Crippen LogP) is 12.9. The number of para-hydroxylation sites is 3. The summed E-state index contributed by atoms with van der Waals surface area (Å²) in [5, 5.41) is 2.50. The van der Waals surface area contributed by atoms with Gasteiger partial charge < -0.3 is 4.57 Å². The zero-order valence-electron chi connectivity index (χ0n) is 30.5. The molecule has 1 aliphatic rings. The van der Waals surface area contributed by atoms with E-state index in [-0.39, 0.29) is 0 Å². The van der Waals surface area contributed by atoms with Crippen LogP contribution in [0.25, 0.3) is 95.0 Å². The first-order valence-corrected chi connectivity index (χ1v) is 19.1. The summed E-state index contributed by atoms with van der Waals surface area (Å²) in [6, 6.07) is 68.8. The summed E-state index contributed by atoms with van der Waals surface area (Å²) in [5.41, 5.74) is 16.2. The molecule has 2 heterocycles. The van der Waals surface area contributed by atoms with E-state index in [9.17, 15) is 0 Å². The van der Waals surface area contributed by atoms with Crippen LogP contribution in [0, 0.1) is 0 Å². The van der Waals surface area contributed by atoms with Crippen molar-refractivity contribution >= 4 is 21.8 Å². The van der Waals surface area contributed by atoms with Crippen molar-refractivity contribution in [2.24, 2.45) is 0 Å². The molecule has 56 heavy (non-hydrogen) atoms. The van der Waals surface area contributed by atoms with Crippen LogP contribution >= 0.6 is 0 Å². The van der Waals surface area contributed by atoms with E-state index < -0.39 is 0 Å². The highest BCUT2D eigenvalue weighted by Gasteiger charge is 2.24. The number of benzene rings is 8. The van der Waals surface area contributed by atoms with Gasteiger partial charge in [0.05, 0.1) is 16.7 Å². The molecule has 4 heteroatoms. The number of hydrogen-bond donors (Lipinski definition) is 0. The molecule has 0 amide bonds. The van der Waals surface area contributed by atoms with Crippen molar-refractivity contribution in [3.05, 3.63) is 205 Å². The maximum absolute atomic E-state index is 5.21. The minimum absolute atomic E-state index is 0.646. The molecule has 2 aromatic heterocycles. The Balaban J connectivity index is 1.03. The summed E-state index contributed by atoms with van der Waals surface area (Å²) in [4.78, 5) is 15.5. The fourth-order valence-corrected chi connectivity index (χ4v) is 8.46. The van der Waals surface area contributed by atoms with Gasteiger partial charge in [0.25, 0.3) is 0 Å². The molecule has 0 aliphatic heterocycles. The third-order valence-electron chi connectivity index (χ3n) is 11.2. The van der Waals surface area contributed by atoms with Gasteiger partial charge >= 0.3 is 0 Å². The van der Waals surface area contributed by atoms with Gasteiger partial charge in [-0.05, 0) is 63.6 Å². The summed E-state index contributed by atoms with van der Waals surface area (Å²) in [6.07, 6.45) is 0.851. The van der Waals surface area contributed by atoms with E-state index in [2.05, 4.69) is 193 Å². The van der Waals surface area contributed by atoms with E-state index in [0.717, 1.165) is 45.5 Å². The van der Waals surface area contributed by atoms with E-state index in [1.54, 1.807) is 0 Å². The lowest BCUT2D eigenvalue weighted by atomic mass is 10.00. The second kappa shape index (κ2) is 13.2. The SMILES string of the molecule is c1ccc(-c2ccc(-c3nc(-c4ccc(-c5ccccc5-n5c6ccccc6c6ccccc65)cc4)nc(-c4cccc5c4Cc4ccccc4-5)n3)cc2)cc1. The Morgan fingerprint density at radius 1 is 0.321 bits per heavy atom. The van der Waals surface area contributed by atoms with Crippen LogP contribution in [0.4, 0.5) is 0 Å². The third-order valence-corrected chi connectivity index (χ3v) is 11.2. The van der Waals surface area contributed by atoms with Crippen molar-refractivity contribution in [3.8, 4) is 73.2 Å². The smallest absolute Gasteiger partial charge is 0.164 e. The Morgan fingerprint density at radius 2 is 0.804 bits per heavy atom. The molecule has 0 radical (unpaired) electrons. The van der Waals surface area contributed by atoms with Crippen LogP contribution in [-0.4, -0.2) is 19.5 Å². The average molecular weight is 715 g/mol. The molecule has 0 fully saturated rings. The second-order valence-corrected chi connectivity index (χ2v) is 14.4. The van der Waals surface area contributed by atoms with E-state index in [4.69, 9.17) is 15.0 Å². The van der Waals surface area contributed by atoms with Crippen LogP contribution in [0.15, 0.2) is 194 Å². The third kappa shape index (κ3) is 5.34. The molecule has 0 bridgehead atoms. The van der Waals surface area contributed by atoms with E-state index in [0.29, 0.717) is 17.5 Å². The van der Waals surface area contributed by atoms with Crippen LogP contribution in [0.3, 0.4) is 0 Å².